The van der Waals surface area contributed by atoms with Crippen LogP contribution in [0.5, 0.6) is 0 Å². The maximum Gasteiger partial charge on any atom is 0.324 e. The Kier molecular flexibility index (Phi) is 2.65. The lowest BCUT2D eigenvalue weighted by Gasteiger charge is -2.17. The molecule has 0 spiro atoms. The highest BCUT2D eigenvalue weighted by Gasteiger charge is 2.44. The smallest absolute Gasteiger partial charge is 0.324 e. The molecule has 5 nitrogen and oxygen atoms in total. The molecule has 0 aliphatic carbocycles. The van der Waals surface area contributed by atoms with Crippen molar-refractivity contribution in [3.8, 4) is 0 Å². The predicted molar refractivity (Wildman–Crippen MR) is 52.3 cm³/mol. The minimum absolute atomic E-state index is 0.313. The molecule has 1 aromatic heterocycles. The summed E-state index contributed by atoms with van der Waals surface area (Å²) in [4.78, 5) is 10.8. The molecule has 0 saturated heterocycles. The Labute approximate surface area is 87.6 Å². The van der Waals surface area contributed by atoms with Gasteiger partial charge in [-0.25, -0.2) is 8.42 Å². The van der Waals surface area contributed by atoms with Crippen LogP contribution >= 0.6 is 0 Å². The van der Waals surface area contributed by atoms with Crippen molar-refractivity contribution in [1.82, 2.24) is 0 Å². The molecule has 84 valence electrons. The third kappa shape index (κ3) is 1.77. The van der Waals surface area contributed by atoms with Gasteiger partial charge in [-0.1, -0.05) is 0 Å². The summed E-state index contributed by atoms with van der Waals surface area (Å²) in [5.74, 6) is -0.980. The summed E-state index contributed by atoms with van der Waals surface area (Å²) >= 11 is 0. The van der Waals surface area contributed by atoms with Crippen LogP contribution in [0, 0.1) is 6.92 Å². The van der Waals surface area contributed by atoms with Crippen molar-refractivity contribution in [3.05, 3.63) is 17.9 Å². The van der Waals surface area contributed by atoms with E-state index in [0.717, 1.165) is 13.8 Å². The van der Waals surface area contributed by atoms with Crippen molar-refractivity contribution in [2.45, 2.75) is 30.6 Å². The molecule has 6 heteroatoms. The molecule has 0 amide bonds. The van der Waals surface area contributed by atoms with Gasteiger partial charge in [0.25, 0.3) is 0 Å². The van der Waals surface area contributed by atoms with Gasteiger partial charge in [-0.15, -0.1) is 0 Å². The van der Waals surface area contributed by atoms with Gasteiger partial charge in [-0.05, 0) is 32.9 Å². The van der Waals surface area contributed by atoms with Gasteiger partial charge >= 0.3 is 5.97 Å². The van der Waals surface area contributed by atoms with E-state index in [0.29, 0.717) is 5.76 Å². The fourth-order valence-corrected chi connectivity index (χ4v) is 2.14. The second-order valence-electron chi connectivity index (χ2n) is 3.68. The summed E-state index contributed by atoms with van der Waals surface area (Å²) in [7, 11) is -3.98. The van der Waals surface area contributed by atoms with Crippen LogP contribution in [0.1, 0.15) is 19.6 Å². The highest BCUT2D eigenvalue weighted by atomic mass is 32.2. The molecule has 0 aliphatic rings. The molecule has 0 aliphatic heterocycles. The minimum atomic E-state index is -3.98. The summed E-state index contributed by atoms with van der Waals surface area (Å²) in [5, 5.41) is 8.51. The van der Waals surface area contributed by atoms with Crippen LogP contribution in [-0.4, -0.2) is 24.2 Å². The predicted octanol–water partition coefficient (Wildman–Crippen LogP) is 1.22. The van der Waals surface area contributed by atoms with E-state index in [2.05, 4.69) is 0 Å². The minimum Gasteiger partial charge on any atom is -0.480 e. The summed E-state index contributed by atoms with van der Waals surface area (Å²) in [6, 6.07) is 2.74. The first-order valence-corrected chi connectivity index (χ1v) is 5.72. The zero-order chi connectivity index (χ0) is 11.9. The van der Waals surface area contributed by atoms with E-state index in [1.165, 1.54) is 12.1 Å². The molecular weight excluding hydrogens is 220 g/mol. The monoisotopic (exact) mass is 232 g/mol. The van der Waals surface area contributed by atoms with E-state index < -0.39 is 20.6 Å². The maximum absolute atomic E-state index is 11.8. The van der Waals surface area contributed by atoms with E-state index in [4.69, 9.17) is 9.52 Å². The third-order valence-electron chi connectivity index (χ3n) is 2.17. The number of carboxylic acid groups (broad SMARTS) is 1. The first-order valence-electron chi connectivity index (χ1n) is 4.24. The lowest BCUT2D eigenvalue weighted by atomic mass is 10.2. The molecule has 0 saturated carbocycles. The fraction of sp³-hybridized carbons (Fsp3) is 0.444. The lowest BCUT2D eigenvalue weighted by molar-refractivity contribution is -0.139. The van der Waals surface area contributed by atoms with E-state index in [-0.39, 0.29) is 5.09 Å². The quantitative estimate of drug-likeness (QED) is 0.847. The van der Waals surface area contributed by atoms with Gasteiger partial charge in [0.15, 0.2) is 4.75 Å². The average Bonchev–Trinajstić information content (AvgIpc) is 2.51. The van der Waals surface area contributed by atoms with Crippen LogP contribution in [0.25, 0.3) is 0 Å². The second kappa shape index (κ2) is 3.37. The highest BCUT2D eigenvalue weighted by molar-refractivity contribution is 7.93. The number of carboxylic acids is 1. The molecule has 1 heterocycles. The zero-order valence-electron chi connectivity index (χ0n) is 8.64. The number of hydrogen-bond donors (Lipinski definition) is 1. The molecule has 0 bridgehead atoms. The van der Waals surface area contributed by atoms with Gasteiger partial charge in [0, 0.05) is 0 Å². The topological polar surface area (TPSA) is 84.6 Å². The number of furan rings is 1. The summed E-state index contributed by atoms with van der Waals surface area (Å²) in [6.07, 6.45) is 0. The van der Waals surface area contributed by atoms with E-state index in [1.807, 2.05) is 0 Å². The van der Waals surface area contributed by atoms with Crippen LogP contribution in [0.4, 0.5) is 0 Å². The maximum atomic E-state index is 11.8. The molecule has 15 heavy (non-hydrogen) atoms. The van der Waals surface area contributed by atoms with Crippen LogP contribution < -0.4 is 0 Å². The number of sulfone groups is 1. The number of rotatable bonds is 3. The summed E-state index contributed by atoms with van der Waals surface area (Å²) < 4.78 is 26.7. The Morgan fingerprint density at radius 1 is 1.40 bits per heavy atom. The molecular formula is C9H12O5S. The van der Waals surface area contributed by atoms with Gasteiger partial charge in [0.2, 0.25) is 14.9 Å². The Balaban J connectivity index is 3.32. The van der Waals surface area contributed by atoms with Crippen LogP contribution in [-0.2, 0) is 14.6 Å². The summed E-state index contributed by atoms with van der Waals surface area (Å²) in [6.45, 7) is 3.85. The number of aliphatic carboxylic acids is 1. The molecule has 1 rings (SSSR count). The fourth-order valence-electron chi connectivity index (χ4n) is 0.923. The first-order chi connectivity index (χ1) is 6.69. The van der Waals surface area contributed by atoms with Gasteiger partial charge in [-0.2, -0.15) is 0 Å². The van der Waals surface area contributed by atoms with E-state index in [1.54, 1.807) is 6.92 Å². The Bertz CT molecular complexity index is 480. The Morgan fingerprint density at radius 2 is 1.93 bits per heavy atom. The molecule has 0 radical (unpaired) electrons. The molecule has 1 aromatic rings. The second-order valence-corrected chi connectivity index (χ2v) is 6.11. The largest absolute Gasteiger partial charge is 0.480 e. The number of carbonyl (C=O) groups is 1. The van der Waals surface area contributed by atoms with Gasteiger partial charge < -0.3 is 9.52 Å². The SMILES string of the molecule is Cc1ccc(S(=O)(=O)C(C)(C)C(=O)O)o1. The molecule has 0 aromatic carbocycles. The van der Waals surface area contributed by atoms with Crippen LogP contribution in [0.15, 0.2) is 21.6 Å². The van der Waals surface area contributed by atoms with Gasteiger partial charge in [0.1, 0.15) is 5.76 Å². The van der Waals surface area contributed by atoms with Crippen molar-refractivity contribution in [2.75, 3.05) is 0 Å². The summed E-state index contributed by atoms with van der Waals surface area (Å²) in [5.41, 5.74) is 0. The van der Waals surface area contributed by atoms with Crippen molar-refractivity contribution < 1.29 is 22.7 Å². The Morgan fingerprint density at radius 3 is 2.27 bits per heavy atom. The zero-order valence-corrected chi connectivity index (χ0v) is 9.46. The van der Waals surface area contributed by atoms with Crippen molar-refractivity contribution in [3.63, 3.8) is 0 Å². The number of aryl methyl sites for hydroxylation is 1. The van der Waals surface area contributed by atoms with E-state index in [9.17, 15) is 13.2 Å². The van der Waals surface area contributed by atoms with E-state index >= 15 is 0 Å². The van der Waals surface area contributed by atoms with Crippen LogP contribution in [0.3, 0.4) is 0 Å². The van der Waals surface area contributed by atoms with Crippen LogP contribution in [0.2, 0.25) is 0 Å². The molecule has 0 fully saturated rings. The normalized spacial score (nSPS) is 12.7. The third-order valence-corrected chi connectivity index (χ3v) is 4.43. The van der Waals surface area contributed by atoms with Crippen molar-refractivity contribution in [2.24, 2.45) is 0 Å². The molecule has 0 atom stereocenters. The average molecular weight is 232 g/mol. The molecule has 1 N–H and O–H groups in total. The van der Waals surface area contributed by atoms with Crippen molar-refractivity contribution in [1.29, 1.82) is 0 Å². The van der Waals surface area contributed by atoms with Crippen molar-refractivity contribution >= 4 is 15.8 Å². The standard InChI is InChI=1S/C9H12O5S/c1-6-4-5-7(14-6)15(12,13)9(2,3)8(10)11/h4-5H,1-3H3,(H,10,11). The number of hydrogen-bond acceptors (Lipinski definition) is 4. The van der Waals surface area contributed by atoms with Gasteiger partial charge in [0.05, 0.1) is 0 Å². The highest BCUT2D eigenvalue weighted by Crippen LogP contribution is 2.26. The first kappa shape index (κ1) is 11.8. The molecule has 0 unspecified atom stereocenters. The van der Waals surface area contributed by atoms with Gasteiger partial charge in [-0.3, -0.25) is 4.79 Å². The Hall–Kier alpha value is -1.30. The lowest BCUT2D eigenvalue weighted by Crippen LogP contribution is -2.40.